The monoisotopic (exact) mass is 195 g/mol. The van der Waals surface area contributed by atoms with E-state index < -0.39 is 0 Å². The van der Waals surface area contributed by atoms with Gasteiger partial charge in [0.25, 0.3) is 0 Å². The van der Waals surface area contributed by atoms with Gasteiger partial charge in [-0.05, 0) is 17.8 Å². The maximum Gasteiger partial charge on any atom is 0 e. The lowest BCUT2D eigenvalue weighted by molar-refractivity contribution is 0.279. The molecule has 0 bridgehead atoms. The minimum Gasteiger partial charge on any atom is -0.0630 e. The van der Waals surface area contributed by atoms with Crippen molar-refractivity contribution in [2.75, 3.05) is 0 Å². The van der Waals surface area contributed by atoms with E-state index in [1.54, 1.807) is 0 Å². The van der Waals surface area contributed by atoms with Gasteiger partial charge < -0.3 is 0 Å². The van der Waals surface area contributed by atoms with E-state index in [0.29, 0.717) is 0 Å². The molecule has 0 aromatic rings. The van der Waals surface area contributed by atoms with Crippen molar-refractivity contribution in [3.8, 4) is 0 Å². The average Bonchev–Trinajstić information content (AvgIpc) is 2.05. The minimum atomic E-state index is 0. The van der Waals surface area contributed by atoms with E-state index in [9.17, 15) is 0 Å². The van der Waals surface area contributed by atoms with Crippen LogP contribution in [0.25, 0.3) is 0 Å². The summed E-state index contributed by atoms with van der Waals surface area (Å²) in [6.45, 7) is 11.2. The van der Waals surface area contributed by atoms with E-state index in [0.717, 1.165) is 17.8 Å². The van der Waals surface area contributed by atoms with E-state index in [-0.39, 0.29) is 8.41 Å². The summed E-state index contributed by atoms with van der Waals surface area (Å²) in [6, 6.07) is 0. The van der Waals surface area contributed by atoms with E-state index in [1.165, 1.54) is 32.1 Å². The van der Waals surface area contributed by atoms with Crippen LogP contribution in [-0.2, 0) is 0 Å². The van der Waals surface area contributed by atoms with Gasteiger partial charge >= 0.3 is 0 Å². The number of hydrogen-bond donors (Lipinski definition) is 0. The summed E-state index contributed by atoms with van der Waals surface area (Å²) in [7, 11) is 0. The highest BCUT2D eigenvalue weighted by Crippen LogP contribution is 2.29. The van der Waals surface area contributed by atoms with E-state index in [4.69, 9.17) is 0 Å². The molecule has 0 spiro atoms. The zero-order chi connectivity index (χ0) is 10.3. The van der Waals surface area contributed by atoms with Crippen molar-refractivity contribution in [1.29, 1.82) is 0 Å². The third-order valence-corrected chi connectivity index (χ3v) is 2.59. The van der Waals surface area contributed by atoms with Gasteiger partial charge in [-0.3, -0.25) is 0 Å². The molecule has 3 radical (unpaired) electrons. The molecule has 1 aliphatic rings. The van der Waals surface area contributed by atoms with Gasteiger partial charge in [0.1, 0.15) is 0 Å². The summed E-state index contributed by atoms with van der Waals surface area (Å²) in [4.78, 5) is 0. The van der Waals surface area contributed by atoms with Gasteiger partial charge in [-0.1, -0.05) is 66.7 Å². The Morgan fingerprint density at radius 2 is 1.14 bits per heavy atom. The Bertz CT molecular complexity index is 99.0. The SMILES string of the molecule is CC(C)C.CC(C)C1CCCCC1.[B]. The van der Waals surface area contributed by atoms with Crippen molar-refractivity contribution in [3.63, 3.8) is 0 Å². The topological polar surface area (TPSA) is 0 Å². The van der Waals surface area contributed by atoms with Gasteiger partial charge in [-0.15, -0.1) is 0 Å². The van der Waals surface area contributed by atoms with Gasteiger partial charge in [0.15, 0.2) is 0 Å². The first-order chi connectivity index (χ1) is 6.04. The van der Waals surface area contributed by atoms with Gasteiger partial charge in [0, 0.05) is 8.41 Å². The van der Waals surface area contributed by atoms with Crippen LogP contribution in [0.4, 0.5) is 0 Å². The molecule has 0 aromatic heterocycles. The van der Waals surface area contributed by atoms with Crippen molar-refractivity contribution >= 4 is 8.41 Å². The predicted octanol–water partition coefficient (Wildman–Crippen LogP) is 4.50. The van der Waals surface area contributed by atoms with Crippen LogP contribution < -0.4 is 0 Å². The summed E-state index contributed by atoms with van der Waals surface area (Å²) in [5, 5.41) is 0. The molecular weight excluding hydrogens is 167 g/mol. The lowest BCUT2D eigenvalue weighted by Crippen LogP contribution is -2.12. The lowest BCUT2D eigenvalue weighted by Gasteiger charge is -2.24. The molecule has 0 unspecified atom stereocenters. The van der Waals surface area contributed by atoms with Crippen molar-refractivity contribution in [3.05, 3.63) is 0 Å². The Morgan fingerprint density at radius 3 is 1.36 bits per heavy atom. The molecule has 1 aliphatic carbocycles. The molecule has 0 atom stereocenters. The van der Waals surface area contributed by atoms with Crippen LogP contribution in [0.5, 0.6) is 0 Å². The molecule has 0 nitrogen and oxygen atoms in total. The lowest BCUT2D eigenvalue weighted by atomic mass is 9.82. The van der Waals surface area contributed by atoms with Crippen molar-refractivity contribution in [2.45, 2.75) is 66.7 Å². The molecule has 0 heterocycles. The third-order valence-electron chi connectivity index (χ3n) is 2.59. The maximum atomic E-state index is 2.36. The normalized spacial score (nSPS) is 17.4. The Kier molecular flexibility index (Phi) is 11.3. The summed E-state index contributed by atoms with van der Waals surface area (Å²) < 4.78 is 0. The van der Waals surface area contributed by atoms with Crippen molar-refractivity contribution in [1.82, 2.24) is 0 Å². The number of rotatable bonds is 1. The number of hydrogen-bond acceptors (Lipinski definition) is 0. The molecule has 1 fully saturated rings. The molecule has 0 amide bonds. The van der Waals surface area contributed by atoms with E-state index >= 15 is 0 Å². The van der Waals surface area contributed by atoms with Crippen LogP contribution in [0.1, 0.15) is 66.7 Å². The molecule has 83 valence electrons. The fourth-order valence-electron chi connectivity index (χ4n) is 1.80. The first-order valence-electron chi connectivity index (χ1n) is 6.04. The molecule has 14 heavy (non-hydrogen) atoms. The van der Waals surface area contributed by atoms with Gasteiger partial charge in [0.05, 0.1) is 0 Å². The largest absolute Gasteiger partial charge is 0.0630 e. The summed E-state index contributed by atoms with van der Waals surface area (Å²) in [5.74, 6) is 2.82. The second-order valence-corrected chi connectivity index (χ2v) is 5.37. The van der Waals surface area contributed by atoms with Crippen molar-refractivity contribution in [2.24, 2.45) is 17.8 Å². The van der Waals surface area contributed by atoms with E-state index in [2.05, 4.69) is 34.6 Å². The first kappa shape index (κ1) is 16.5. The Morgan fingerprint density at radius 1 is 0.786 bits per heavy atom. The predicted molar refractivity (Wildman–Crippen MR) is 67.7 cm³/mol. The standard InChI is InChI=1S/C9H18.C4H10.B/c1-8(2)9-6-4-3-5-7-9;1-4(2)3;/h8-9H,3-7H2,1-2H3;4H,1-3H3;. The summed E-state index contributed by atoms with van der Waals surface area (Å²) >= 11 is 0. The van der Waals surface area contributed by atoms with E-state index in [1.807, 2.05) is 0 Å². The van der Waals surface area contributed by atoms with Crippen molar-refractivity contribution < 1.29 is 0 Å². The second-order valence-electron chi connectivity index (χ2n) is 5.37. The van der Waals surface area contributed by atoms with Gasteiger partial charge in [-0.2, -0.15) is 0 Å². The average molecular weight is 195 g/mol. The van der Waals surface area contributed by atoms with Crippen LogP contribution in [0.15, 0.2) is 0 Å². The Hall–Kier alpha value is 0.0649. The fourth-order valence-corrected chi connectivity index (χ4v) is 1.80. The summed E-state index contributed by atoms with van der Waals surface area (Å²) in [6.07, 6.45) is 7.46. The molecule has 0 aliphatic heterocycles. The molecule has 1 heteroatoms. The molecule has 0 aromatic carbocycles. The minimum absolute atomic E-state index is 0. The Balaban J connectivity index is 0. The Labute approximate surface area is 93.4 Å². The van der Waals surface area contributed by atoms with Crippen LogP contribution in [-0.4, -0.2) is 8.41 Å². The first-order valence-corrected chi connectivity index (χ1v) is 6.04. The van der Waals surface area contributed by atoms with Gasteiger partial charge in [0.2, 0.25) is 0 Å². The quantitative estimate of drug-likeness (QED) is 0.540. The van der Waals surface area contributed by atoms with Crippen LogP contribution in [0, 0.1) is 17.8 Å². The molecule has 0 N–H and O–H groups in total. The smallest absolute Gasteiger partial charge is 0 e. The highest BCUT2D eigenvalue weighted by molar-refractivity contribution is 5.75. The fraction of sp³-hybridized carbons (Fsp3) is 1.00. The third kappa shape index (κ3) is 10.1. The summed E-state index contributed by atoms with van der Waals surface area (Å²) in [5.41, 5.74) is 0. The molecule has 1 rings (SSSR count). The molecular formula is C13H28B. The molecule has 1 saturated carbocycles. The van der Waals surface area contributed by atoms with Crippen LogP contribution in [0.3, 0.4) is 0 Å². The zero-order valence-electron chi connectivity index (χ0n) is 10.8. The second kappa shape index (κ2) is 9.61. The van der Waals surface area contributed by atoms with Gasteiger partial charge in [-0.25, -0.2) is 0 Å². The molecule has 0 saturated heterocycles. The maximum absolute atomic E-state index is 2.36. The highest BCUT2D eigenvalue weighted by atomic mass is 14.2. The van der Waals surface area contributed by atoms with Crippen LogP contribution in [0.2, 0.25) is 0 Å². The van der Waals surface area contributed by atoms with Crippen LogP contribution >= 0.6 is 0 Å². The zero-order valence-corrected chi connectivity index (χ0v) is 10.8. The highest BCUT2D eigenvalue weighted by Gasteiger charge is 2.15.